The molecule has 144 valence electrons. The maximum Gasteiger partial charge on any atom is 0.407 e. The van der Waals surface area contributed by atoms with Crippen LogP contribution in [0.3, 0.4) is 0 Å². The lowest BCUT2D eigenvalue weighted by Gasteiger charge is -2.33. The second-order valence-electron chi connectivity index (χ2n) is 7.22. The molecule has 3 atom stereocenters. The van der Waals surface area contributed by atoms with E-state index in [0.29, 0.717) is 23.8 Å². The van der Waals surface area contributed by atoms with E-state index >= 15 is 0 Å². The molecule has 0 aliphatic carbocycles. The number of hydrogen-bond donors (Lipinski definition) is 2. The molecule has 1 amide bonds. The lowest BCUT2D eigenvalue weighted by Crippen LogP contribution is -2.37. The maximum atomic E-state index is 11.5. The quantitative estimate of drug-likeness (QED) is 0.832. The van der Waals surface area contributed by atoms with Crippen LogP contribution >= 0.6 is 0 Å². The molecule has 2 aromatic rings. The third-order valence-electron chi connectivity index (χ3n) is 5.52. The van der Waals surface area contributed by atoms with Gasteiger partial charge in [-0.3, -0.25) is 0 Å². The summed E-state index contributed by atoms with van der Waals surface area (Å²) < 4.78 is 11.4. The zero-order valence-electron chi connectivity index (χ0n) is 15.8. The van der Waals surface area contributed by atoms with E-state index in [4.69, 9.17) is 9.47 Å². The van der Waals surface area contributed by atoms with Crippen LogP contribution in [0.25, 0.3) is 0 Å². The number of benzene rings is 2. The van der Waals surface area contributed by atoms with E-state index in [2.05, 4.69) is 0 Å². The number of ether oxygens (including phenoxy) is 2. The molecule has 0 spiro atoms. The summed E-state index contributed by atoms with van der Waals surface area (Å²) in [6, 6.07) is 15.0. The van der Waals surface area contributed by atoms with Gasteiger partial charge in [-0.05, 0) is 36.8 Å². The zero-order valence-corrected chi connectivity index (χ0v) is 15.8. The van der Waals surface area contributed by atoms with E-state index in [1.807, 2.05) is 55.5 Å². The highest BCUT2D eigenvalue weighted by Gasteiger charge is 2.48. The average molecular weight is 371 g/mol. The van der Waals surface area contributed by atoms with Crippen LogP contribution in [0, 0.1) is 5.41 Å². The van der Waals surface area contributed by atoms with Crippen LogP contribution in [0.5, 0.6) is 17.2 Å². The Morgan fingerprint density at radius 1 is 1.22 bits per heavy atom. The van der Waals surface area contributed by atoms with Gasteiger partial charge in [0.25, 0.3) is 0 Å². The number of rotatable bonds is 5. The van der Waals surface area contributed by atoms with E-state index in [1.54, 1.807) is 14.0 Å². The first-order valence-electron chi connectivity index (χ1n) is 8.92. The number of hydrogen-bond acceptors (Lipinski definition) is 4. The molecule has 1 aliphatic heterocycles. The molecule has 1 heterocycles. The standard InChI is InChI=1S/C21H25NO5/c1-14(23)21(2)13-22(20(24)25)12-17(21)15-9-10-18(26-3)19(11-15)27-16-7-5-4-6-8-16/h4-11,14,17,23H,12-13H2,1-3H3,(H,24,25)/t14-,17-,21-/m0/s1. The molecule has 2 N–H and O–H groups in total. The fourth-order valence-corrected chi connectivity index (χ4v) is 3.68. The number of methoxy groups -OCH3 is 1. The van der Waals surface area contributed by atoms with Gasteiger partial charge in [0.1, 0.15) is 5.75 Å². The zero-order chi connectivity index (χ0) is 19.6. The first-order chi connectivity index (χ1) is 12.8. The highest BCUT2D eigenvalue weighted by atomic mass is 16.5. The van der Waals surface area contributed by atoms with E-state index < -0.39 is 17.6 Å². The first-order valence-corrected chi connectivity index (χ1v) is 8.92. The summed E-state index contributed by atoms with van der Waals surface area (Å²) in [6.45, 7) is 4.25. The van der Waals surface area contributed by atoms with Gasteiger partial charge < -0.3 is 24.6 Å². The lowest BCUT2D eigenvalue weighted by atomic mass is 9.72. The van der Waals surface area contributed by atoms with E-state index in [1.165, 1.54) is 4.90 Å². The number of aliphatic hydroxyl groups excluding tert-OH is 1. The molecular formula is C21H25NO5. The summed E-state index contributed by atoms with van der Waals surface area (Å²) >= 11 is 0. The van der Waals surface area contributed by atoms with Crippen LogP contribution in [-0.2, 0) is 0 Å². The van der Waals surface area contributed by atoms with Crippen LogP contribution < -0.4 is 9.47 Å². The topological polar surface area (TPSA) is 79.2 Å². The Labute approximate surface area is 159 Å². The second kappa shape index (κ2) is 7.48. The van der Waals surface area contributed by atoms with Gasteiger partial charge in [-0.25, -0.2) is 4.79 Å². The van der Waals surface area contributed by atoms with Crippen LogP contribution in [-0.4, -0.2) is 47.5 Å². The Morgan fingerprint density at radius 2 is 1.93 bits per heavy atom. The minimum Gasteiger partial charge on any atom is -0.493 e. The van der Waals surface area contributed by atoms with Gasteiger partial charge in [-0.2, -0.15) is 0 Å². The van der Waals surface area contributed by atoms with Crippen LogP contribution in [0.4, 0.5) is 4.79 Å². The van der Waals surface area contributed by atoms with Crippen molar-refractivity contribution in [3.05, 3.63) is 54.1 Å². The molecule has 0 aromatic heterocycles. The Kier molecular flexibility index (Phi) is 5.28. The summed E-state index contributed by atoms with van der Waals surface area (Å²) in [5.41, 5.74) is 0.325. The Hall–Kier alpha value is -2.73. The normalized spacial score (nSPS) is 23.1. The van der Waals surface area contributed by atoms with Gasteiger partial charge in [0.05, 0.1) is 13.2 Å². The van der Waals surface area contributed by atoms with Crippen molar-refractivity contribution < 1.29 is 24.5 Å². The molecule has 0 saturated carbocycles. The summed E-state index contributed by atoms with van der Waals surface area (Å²) in [5.74, 6) is 1.68. The number of aliphatic hydroxyl groups is 1. The van der Waals surface area contributed by atoms with Crippen molar-refractivity contribution in [2.75, 3.05) is 20.2 Å². The Balaban J connectivity index is 1.98. The Bertz CT molecular complexity index is 807. The largest absolute Gasteiger partial charge is 0.493 e. The molecule has 0 bridgehead atoms. The smallest absolute Gasteiger partial charge is 0.407 e. The molecule has 27 heavy (non-hydrogen) atoms. The van der Waals surface area contributed by atoms with Crippen molar-refractivity contribution in [2.24, 2.45) is 5.41 Å². The molecule has 2 aromatic carbocycles. The number of carboxylic acid groups (broad SMARTS) is 1. The molecular weight excluding hydrogens is 346 g/mol. The van der Waals surface area contributed by atoms with Crippen molar-refractivity contribution in [3.63, 3.8) is 0 Å². The number of para-hydroxylation sites is 1. The molecule has 1 saturated heterocycles. The van der Waals surface area contributed by atoms with Gasteiger partial charge in [0.2, 0.25) is 0 Å². The average Bonchev–Trinajstić information content (AvgIpc) is 3.02. The van der Waals surface area contributed by atoms with Crippen molar-refractivity contribution in [1.82, 2.24) is 4.90 Å². The summed E-state index contributed by atoms with van der Waals surface area (Å²) in [7, 11) is 1.58. The molecule has 1 aliphatic rings. The van der Waals surface area contributed by atoms with Crippen LogP contribution in [0.15, 0.2) is 48.5 Å². The van der Waals surface area contributed by atoms with E-state index in [0.717, 1.165) is 5.56 Å². The van der Waals surface area contributed by atoms with Gasteiger partial charge in [0, 0.05) is 24.4 Å². The second-order valence-corrected chi connectivity index (χ2v) is 7.22. The Morgan fingerprint density at radius 3 is 2.52 bits per heavy atom. The number of carbonyl (C=O) groups is 1. The fourth-order valence-electron chi connectivity index (χ4n) is 3.68. The number of amides is 1. The van der Waals surface area contributed by atoms with Gasteiger partial charge in [-0.1, -0.05) is 31.2 Å². The highest BCUT2D eigenvalue weighted by Crippen LogP contribution is 2.47. The highest BCUT2D eigenvalue weighted by molar-refractivity contribution is 5.66. The monoisotopic (exact) mass is 371 g/mol. The molecule has 6 heteroatoms. The predicted octanol–water partition coefficient (Wildman–Crippen LogP) is 3.95. The maximum absolute atomic E-state index is 11.5. The third kappa shape index (κ3) is 3.71. The first kappa shape index (κ1) is 19.0. The molecule has 6 nitrogen and oxygen atoms in total. The van der Waals surface area contributed by atoms with Crippen LogP contribution in [0.2, 0.25) is 0 Å². The van der Waals surface area contributed by atoms with Crippen LogP contribution in [0.1, 0.15) is 25.3 Å². The minimum atomic E-state index is -0.973. The summed E-state index contributed by atoms with van der Waals surface area (Å²) in [6.07, 6.45) is -1.63. The predicted molar refractivity (Wildman–Crippen MR) is 102 cm³/mol. The summed E-state index contributed by atoms with van der Waals surface area (Å²) in [5, 5.41) is 19.8. The molecule has 1 fully saturated rings. The fraction of sp³-hybridized carbons (Fsp3) is 0.381. The van der Waals surface area contributed by atoms with E-state index in [-0.39, 0.29) is 12.5 Å². The van der Waals surface area contributed by atoms with Gasteiger partial charge >= 0.3 is 6.09 Å². The van der Waals surface area contributed by atoms with E-state index in [9.17, 15) is 15.0 Å². The molecule has 0 radical (unpaired) electrons. The lowest BCUT2D eigenvalue weighted by molar-refractivity contribution is 0.0481. The minimum absolute atomic E-state index is 0.155. The number of nitrogens with zero attached hydrogens (tertiary/aromatic N) is 1. The third-order valence-corrected chi connectivity index (χ3v) is 5.52. The van der Waals surface area contributed by atoms with Crippen molar-refractivity contribution in [3.8, 4) is 17.2 Å². The number of likely N-dealkylation sites (tertiary alicyclic amines) is 1. The molecule has 0 unspecified atom stereocenters. The van der Waals surface area contributed by atoms with Crippen molar-refractivity contribution in [2.45, 2.75) is 25.9 Å². The van der Waals surface area contributed by atoms with Crippen molar-refractivity contribution >= 4 is 6.09 Å². The summed E-state index contributed by atoms with van der Waals surface area (Å²) in [4.78, 5) is 12.9. The molecule has 3 rings (SSSR count). The van der Waals surface area contributed by atoms with Gasteiger partial charge in [-0.15, -0.1) is 0 Å². The van der Waals surface area contributed by atoms with Crippen molar-refractivity contribution in [1.29, 1.82) is 0 Å². The SMILES string of the molecule is COc1ccc([C@@H]2CN(C(=O)O)C[C@@]2(C)[C@H](C)O)cc1Oc1ccccc1. The van der Waals surface area contributed by atoms with Gasteiger partial charge in [0.15, 0.2) is 11.5 Å².